The van der Waals surface area contributed by atoms with Crippen LogP contribution in [0.25, 0.3) is 0 Å². The molecule has 1 saturated carbocycles. The standard InChI is InChI=1S/C25H40N4O2S/c1-21(30)26-24-8-5-9-25(18-24)28-16-14-27(15-17-28)19-22-10-12-29(13-11-22)32(31)20-23-6-3-2-4-7-23/h5,8-9,18,22-23H,2-4,6-7,10-17,19-20H2,1H3,(H,26,30). The van der Waals surface area contributed by atoms with E-state index in [1.165, 1.54) is 57.2 Å². The zero-order valence-corrected chi connectivity index (χ0v) is 20.5. The van der Waals surface area contributed by atoms with Crippen LogP contribution in [0.2, 0.25) is 0 Å². The fourth-order valence-electron chi connectivity index (χ4n) is 5.49. The van der Waals surface area contributed by atoms with Crippen LogP contribution in [0.4, 0.5) is 11.4 Å². The molecule has 1 atom stereocenters. The Morgan fingerprint density at radius 3 is 2.38 bits per heavy atom. The number of rotatable bonds is 7. The van der Waals surface area contributed by atoms with E-state index in [4.69, 9.17) is 0 Å². The Morgan fingerprint density at radius 2 is 1.69 bits per heavy atom. The monoisotopic (exact) mass is 460 g/mol. The number of piperidine rings is 1. The second-order valence-electron chi connectivity index (χ2n) is 9.88. The molecule has 3 fully saturated rings. The molecule has 2 aliphatic heterocycles. The van der Waals surface area contributed by atoms with Crippen LogP contribution in [0.15, 0.2) is 24.3 Å². The summed E-state index contributed by atoms with van der Waals surface area (Å²) in [6.45, 7) is 8.92. The summed E-state index contributed by atoms with van der Waals surface area (Å²) in [7, 11) is -0.771. The second-order valence-corrected chi connectivity index (χ2v) is 11.4. The van der Waals surface area contributed by atoms with Gasteiger partial charge in [-0.25, -0.2) is 8.51 Å². The van der Waals surface area contributed by atoms with E-state index in [-0.39, 0.29) is 5.91 Å². The van der Waals surface area contributed by atoms with E-state index >= 15 is 0 Å². The molecule has 32 heavy (non-hydrogen) atoms. The van der Waals surface area contributed by atoms with Gasteiger partial charge in [-0.1, -0.05) is 25.3 Å². The van der Waals surface area contributed by atoms with Crippen molar-refractivity contribution in [1.82, 2.24) is 9.21 Å². The third kappa shape index (κ3) is 6.78. The van der Waals surface area contributed by atoms with Gasteiger partial charge >= 0.3 is 0 Å². The maximum atomic E-state index is 12.8. The Morgan fingerprint density at radius 1 is 0.969 bits per heavy atom. The minimum atomic E-state index is -0.771. The predicted octanol–water partition coefficient (Wildman–Crippen LogP) is 3.72. The van der Waals surface area contributed by atoms with Gasteiger partial charge in [0.15, 0.2) is 0 Å². The third-order valence-corrected chi connectivity index (χ3v) is 9.08. The molecule has 0 aromatic heterocycles. The molecule has 1 aromatic carbocycles. The van der Waals surface area contributed by atoms with Crippen molar-refractivity contribution in [2.75, 3.05) is 61.8 Å². The van der Waals surface area contributed by atoms with Gasteiger partial charge in [0.2, 0.25) is 5.91 Å². The lowest BCUT2D eigenvalue weighted by molar-refractivity contribution is -0.114. The first-order chi connectivity index (χ1) is 15.6. The van der Waals surface area contributed by atoms with Crippen LogP contribution < -0.4 is 10.2 Å². The number of anilines is 2. The fourth-order valence-corrected chi connectivity index (χ4v) is 7.06. The second kappa shape index (κ2) is 11.6. The van der Waals surface area contributed by atoms with Gasteiger partial charge in [-0.05, 0) is 55.7 Å². The quantitative estimate of drug-likeness (QED) is 0.674. The molecule has 7 heteroatoms. The molecule has 178 valence electrons. The summed E-state index contributed by atoms with van der Waals surface area (Å²) in [5, 5.41) is 2.88. The average Bonchev–Trinajstić information content (AvgIpc) is 2.80. The number of carbonyl (C=O) groups is 1. The molecule has 6 nitrogen and oxygen atoms in total. The highest BCUT2D eigenvalue weighted by Gasteiger charge is 2.27. The first kappa shape index (κ1) is 23.7. The largest absolute Gasteiger partial charge is 0.369 e. The molecule has 0 radical (unpaired) electrons. The van der Waals surface area contributed by atoms with Crippen molar-refractivity contribution in [1.29, 1.82) is 0 Å². The van der Waals surface area contributed by atoms with Gasteiger partial charge < -0.3 is 10.2 Å². The first-order valence-electron chi connectivity index (χ1n) is 12.6. The topological polar surface area (TPSA) is 55.9 Å². The van der Waals surface area contributed by atoms with Gasteiger partial charge in [0.1, 0.15) is 0 Å². The van der Waals surface area contributed by atoms with E-state index in [0.717, 1.165) is 56.6 Å². The number of hydrogen-bond acceptors (Lipinski definition) is 4. The summed E-state index contributed by atoms with van der Waals surface area (Å²) in [6.07, 6.45) is 8.95. The number of carbonyl (C=O) groups excluding carboxylic acids is 1. The van der Waals surface area contributed by atoms with Crippen molar-refractivity contribution in [2.24, 2.45) is 11.8 Å². The van der Waals surface area contributed by atoms with Crippen LogP contribution in [-0.4, -0.2) is 70.9 Å². The molecule has 2 heterocycles. The zero-order valence-electron chi connectivity index (χ0n) is 19.6. The number of benzene rings is 1. The average molecular weight is 461 g/mol. The Hall–Kier alpha value is -1.44. The van der Waals surface area contributed by atoms with Crippen LogP contribution >= 0.6 is 0 Å². The Bertz CT molecular complexity index is 767. The van der Waals surface area contributed by atoms with Crippen LogP contribution in [0.5, 0.6) is 0 Å². The predicted molar refractivity (Wildman–Crippen MR) is 133 cm³/mol. The number of piperazine rings is 1. The molecular weight excluding hydrogens is 420 g/mol. The maximum absolute atomic E-state index is 12.8. The highest BCUT2D eigenvalue weighted by molar-refractivity contribution is 7.82. The molecule has 3 aliphatic rings. The lowest BCUT2D eigenvalue weighted by Crippen LogP contribution is -2.49. The Kier molecular flexibility index (Phi) is 8.61. The van der Waals surface area contributed by atoms with Gasteiger partial charge in [0.05, 0.1) is 11.0 Å². The fraction of sp³-hybridized carbons (Fsp3) is 0.720. The molecule has 1 amide bonds. The lowest BCUT2D eigenvalue weighted by atomic mass is 9.91. The van der Waals surface area contributed by atoms with Crippen molar-refractivity contribution >= 4 is 28.3 Å². The smallest absolute Gasteiger partial charge is 0.221 e. The Balaban J connectivity index is 1.17. The van der Waals surface area contributed by atoms with Crippen molar-refractivity contribution in [3.8, 4) is 0 Å². The summed E-state index contributed by atoms with van der Waals surface area (Å²) in [6, 6.07) is 8.15. The first-order valence-corrected chi connectivity index (χ1v) is 13.8. The number of nitrogens with one attached hydrogen (secondary N) is 1. The number of nitrogens with zero attached hydrogens (tertiary/aromatic N) is 3. The molecule has 1 unspecified atom stereocenters. The van der Waals surface area contributed by atoms with E-state index in [9.17, 15) is 9.00 Å². The van der Waals surface area contributed by atoms with Gasteiger partial charge in [-0.15, -0.1) is 0 Å². The molecule has 2 saturated heterocycles. The van der Waals surface area contributed by atoms with Crippen LogP contribution in [0, 0.1) is 11.8 Å². The highest BCUT2D eigenvalue weighted by Crippen LogP contribution is 2.27. The van der Waals surface area contributed by atoms with Gasteiger partial charge in [-0.3, -0.25) is 9.69 Å². The molecule has 1 aliphatic carbocycles. The SMILES string of the molecule is CC(=O)Nc1cccc(N2CCN(CC3CCN(S(=O)CC4CCCCC4)CC3)CC2)c1. The molecule has 0 spiro atoms. The van der Waals surface area contributed by atoms with E-state index in [1.807, 2.05) is 12.1 Å². The van der Waals surface area contributed by atoms with E-state index in [1.54, 1.807) is 6.92 Å². The van der Waals surface area contributed by atoms with E-state index in [2.05, 4.69) is 31.6 Å². The summed E-state index contributed by atoms with van der Waals surface area (Å²) in [4.78, 5) is 16.3. The van der Waals surface area contributed by atoms with Crippen LogP contribution in [0.1, 0.15) is 51.9 Å². The van der Waals surface area contributed by atoms with Crippen molar-refractivity contribution in [3.05, 3.63) is 24.3 Å². The zero-order chi connectivity index (χ0) is 22.3. The molecule has 1 aromatic rings. The molecular formula is C25H40N4O2S. The van der Waals surface area contributed by atoms with Crippen LogP contribution in [0.3, 0.4) is 0 Å². The summed E-state index contributed by atoms with van der Waals surface area (Å²) in [5.41, 5.74) is 2.05. The van der Waals surface area contributed by atoms with Crippen molar-refractivity contribution < 1.29 is 9.00 Å². The van der Waals surface area contributed by atoms with Crippen LogP contribution in [-0.2, 0) is 15.8 Å². The molecule has 1 N–H and O–H groups in total. The summed E-state index contributed by atoms with van der Waals surface area (Å²) in [5.74, 6) is 2.29. The number of hydrogen-bond donors (Lipinski definition) is 1. The minimum absolute atomic E-state index is 0.0316. The van der Waals surface area contributed by atoms with Gasteiger partial charge in [-0.2, -0.15) is 0 Å². The molecule has 4 rings (SSSR count). The molecule has 0 bridgehead atoms. The maximum Gasteiger partial charge on any atom is 0.221 e. The third-order valence-electron chi connectivity index (χ3n) is 7.38. The lowest BCUT2D eigenvalue weighted by Gasteiger charge is -2.39. The number of amides is 1. The highest BCUT2D eigenvalue weighted by atomic mass is 32.2. The minimum Gasteiger partial charge on any atom is -0.369 e. The van der Waals surface area contributed by atoms with Gasteiger partial charge in [0, 0.05) is 69.9 Å². The summed E-state index contributed by atoms with van der Waals surface area (Å²) >= 11 is 0. The van der Waals surface area contributed by atoms with E-state index in [0.29, 0.717) is 5.92 Å². The van der Waals surface area contributed by atoms with Gasteiger partial charge in [0.25, 0.3) is 0 Å². The Labute approximate surface area is 196 Å². The summed E-state index contributed by atoms with van der Waals surface area (Å²) < 4.78 is 15.1. The van der Waals surface area contributed by atoms with Crippen molar-refractivity contribution in [3.63, 3.8) is 0 Å². The van der Waals surface area contributed by atoms with Crippen molar-refractivity contribution in [2.45, 2.75) is 51.9 Å². The normalized spacial score (nSPS) is 23.2. The van der Waals surface area contributed by atoms with E-state index < -0.39 is 11.0 Å².